The fraction of sp³-hybridized carbons (Fsp3) is 1.00. The van der Waals surface area contributed by atoms with Gasteiger partial charge in [-0.05, 0) is 12.8 Å². The number of unbranched alkanes of at least 4 members (excludes halogenated alkanes) is 11. The lowest BCUT2D eigenvalue weighted by Crippen LogP contribution is -3.00. The molecule has 0 aromatic heterocycles. The van der Waals surface area contributed by atoms with Gasteiger partial charge in [-0.1, -0.05) is 71.1 Å². The average Bonchev–Trinajstić information content (AvgIpc) is 2.29. The SMILES string of the molecule is CCCCCCCCCCCCCC[N+](C)(C)C.[Cl-]. The van der Waals surface area contributed by atoms with E-state index in [-0.39, 0.29) is 12.4 Å². The smallest absolute Gasteiger partial charge is 0.0780 e. The summed E-state index contributed by atoms with van der Waals surface area (Å²) in [5.41, 5.74) is 0. The summed E-state index contributed by atoms with van der Waals surface area (Å²) in [4.78, 5) is 0. The van der Waals surface area contributed by atoms with E-state index < -0.39 is 0 Å². The van der Waals surface area contributed by atoms with Gasteiger partial charge < -0.3 is 16.9 Å². The van der Waals surface area contributed by atoms with Gasteiger partial charge in [0, 0.05) is 0 Å². The molecule has 0 amide bonds. The Labute approximate surface area is 129 Å². The molecule has 118 valence electrons. The van der Waals surface area contributed by atoms with E-state index in [1.54, 1.807) is 0 Å². The lowest BCUT2D eigenvalue weighted by atomic mass is 10.1. The van der Waals surface area contributed by atoms with Gasteiger partial charge in [-0.15, -0.1) is 0 Å². The number of hydrogen-bond donors (Lipinski definition) is 0. The summed E-state index contributed by atoms with van der Waals surface area (Å²) < 4.78 is 1.12. The zero-order valence-electron chi connectivity index (χ0n) is 14.0. The summed E-state index contributed by atoms with van der Waals surface area (Å²) in [6, 6.07) is 0. The van der Waals surface area contributed by atoms with E-state index in [0.717, 1.165) is 4.48 Å². The Morgan fingerprint density at radius 3 is 1.16 bits per heavy atom. The quantitative estimate of drug-likeness (QED) is 0.361. The highest BCUT2D eigenvalue weighted by Crippen LogP contribution is 2.12. The molecule has 0 bridgehead atoms. The minimum atomic E-state index is 0. The van der Waals surface area contributed by atoms with Crippen LogP contribution in [0.5, 0.6) is 0 Å². The van der Waals surface area contributed by atoms with Crippen molar-refractivity contribution in [2.45, 2.75) is 84.0 Å². The first-order valence-electron chi connectivity index (χ1n) is 8.36. The standard InChI is InChI=1S/C17H38N.ClH/c1-5-6-7-8-9-10-11-12-13-14-15-16-17-18(2,3)4;/h5-17H2,1-4H3;1H/q+1;/p-1. The molecule has 0 saturated heterocycles. The first kappa shape index (κ1) is 21.5. The third-order valence-corrected chi connectivity index (χ3v) is 3.68. The minimum absolute atomic E-state index is 0. The molecule has 0 unspecified atom stereocenters. The van der Waals surface area contributed by atoms with Crippen LogP contribution in [0.3, 0.4) is 0 Å². The van der Waals surface area contributed by atoms with E-state index in [2.05, 4.69) is 28.1 Å². The lowest BCUT2D eigenvalue weighted by Gasteiger charge is -2.23. The normalized spacial score (nSPS) is 11.4. The molecule has 0 aliphatic rings. The molecule has 0 aromatic carbocycles. The van der Waals surface area contributed by atoms with Crippen molar-refractivity contribution in [3.05, 3.63) is 0 Å². The van der Waals surface area contributed by atoms with E-state index in [0.29, 0.717) is 0 Å². The highest BCUT2D eigenvalue weighted by molar-refractivity contribution is 4.48. The predicted octanol–water partition coefficient (Wildman–Crippen LogP) is 2.40. The third kappa shape index (κ3) is 20.7. The lowest BCUT2D eigenvalue weighted by molar-refractivity contribution is -0.870. The van der Waals surface area contributed by atoms with Crippen molar-refractivity contribution in [2.24, 2.45) is 0 Å². The number of nitrogens with zero attached hydrogens (tertiary/aromatic N) is 1. The molecule has 0 atom stereocenters. The number of halogens is 1. The molecule has 1 nitrogen and oxygen atoms in total. The first-order chi connectivity index (χ1) is 8.56. The summed E-state index contributed by atoms with van der Waals surface area (Å²) in [5, 5.41) is 0. The highest BCUT2D eigenvalue weighted by Gasteiger charge is 2.04. The summed E-state index contributed by atoms with van der Waals surface area (Å²) in [6.07, 6.45) is 17.4. The molecule has 0 aliphatic carbocycles. The van der Waals surface area contributed by atoms with E-state index in [1.165, 1.54) is 83.6 Å². The van der Waals surface area contributed by atoms with Crippen LogP contribution in [0.25, 0.3) is 0 Å². The van der Waals surface area contributed by atoms with Crippen molar-refractivity contribution in [2.75, 3.05) is 27.7 Å². The second kappa shape index (κ2) is 14.7. The summed E-state index contributed by atoms with van der Waals surface area (Å²) in [6.45, 7) is 3.62. The predicted molar refractivity (Wildman–Crippen MR) is 84.0 cm³/mol. The first-order valence-corrected chi connectivity index (χ1v) is 8.36. The van der Waals surface area contributed by atoms with Crippen LogP contribution in [0.15, 0.2) is 0 Å². The van der Waals surface area contributed by atoms with Crippen LogP contribution in [-0.2, 0) is 0 Å². The topological polar surface area (TPSA) is 0 Å². The maximum atomic E-state index is 2.29. The number of quaternary nitrogens is 1. The Kier molecular flexibility index (Phi) is 16.6. The van der Waals surface area contributed by atoms with Gasteiger partial charge in [0.15, 0.2) is 0 Å². The van der Waals surface area contributed by atoms with Crippen molar-refractivity contribution in [3.8, 4) is 0 Å². The Morgan fingerprint density at radius 2 is 0.842 bits per heavy atom. The molecule has 0 aromatic rings. The van der Waals surface area contributed by atoms with Crippen molar-refractivity contribution >= 4 is 0 Å². The zero-order valence-corrected chi connectivity index (χ0v) is 14.8. The Bertz CT molecular complexity index is 163. The van der Waals surface area contributed by atoms with Gasteiger partial charge in [-0.25, -0.2) is 0 Å². The molecule has 0 heterocycles. The van der Waals surface area contributed by atoms with Gasteiger partial charge in [-0.3, -0.25) is 0 Å². The van der Waals surface area contributed by atoms with Crippen molar-refractivity contribution in [1.82, 2.24) is 0 Å². The summed E-state index contributed by atoms with van der Waals surface area (Å²) >= 11 is 0. The van der Waals surface area contributed by atoms with Crippen LogP contribution in [0.4, 0.5) is 0 Å². The highest BCUT2D eigenvalue weighted by atomic mass is 35.5. The number of rotatable bonds is 13. The maximum absolute atomic E-state index is 2.29. The molecule has 19 heavy (non-hydrogen) atoms. The van der Waals surface area contributed by atoms with Crippen LogP contribution in [0.1, 0.15) is 84.0 Å². The molecule has 0 fully saturated rings. The third-order valence-electron chi connectivity index (χ3n) is 3.68. The van der Waals surface area contributed by atoms with Crippen LogP contribution >= 0.6 is 0 Å². The molecular formula is C17H38ClN. The molecule has 0 spiro atoms. The summed E-state index contributed by atoms with van der Waals surface area (Å²) in [7, 11) is 6.87. The van der Waals surface area contributed by atoms with E-state index in [1.807, 2.05) is 0 Å². The maximum Gasteiger partial charge on any atom is 0.0780 e. The average molecular weight is 292 g/mol. The monoisotopic (exact) mass is 291 g/mol. The second-order valence-electron chi connectivity index (χ2n) is 6.90. The van der Waals surface area contributed by atoms with Crippen LogP contribution < -0.4 is 12.4 Å². The Morgan fingerprint density at radius 1 is 0.526 bits per heavy atom. The van der Waals surface area contributed by atoms with Gasteiger partial charge in [-0.2, -0.15) is 0 Å². The van der Waals surface area contributed by atoms with Gasteiger partial charge in [0.2, 0.25) is 0 Å². The Balaban J connectivity index is 0. The molecular weight excluding hydrogens is 254 g/mol. The zero-order chi connectivity index (χ0) is 13.7. The van der Waals surface area contributed by atoms with Crippen molar-refractivity contribution in [1.29, 1.82) is 0 Å². The second-order valence-corrected chi connectivity index (χ2v) is 6.90. The van der Waals surface area contributed by atoms with Gasteiger partial charge in [0.25, 0.3) is 0 Å². The van der Waals surface area contributed by atoms with Crippen molar-refractivity contribution < 1.29 is 16.9 Å². The van der Waals surface area contributed by atoms with Gasteiger partial charge in [0.05, 0.1) is 27.7 Å². The van der Waals surface area contributed by atoms with Crippen LogP contribution in [0.2, 0.25) is 0 Å². The number of hydrogen-bond acceptors (Lipinski definition) is 0. The van der Waals surface area contributed by atoms with Crippen LogP contribution in [-0.4, -0.2) is 32.2 Å². The van der Waals surface area contributed by atoms with E-state index in [9.17, 15) is 0 Å². The van der Waals surface area contributed by atoms with Crippen molar-refractivity contribution in [3.63, 3.8) is 0 Å². The minimum Gasteiger partial charge on any atom is -1.00 e. The molecule has 2 heteroatoms. The van der Waals surface area contributed by atoms with Gasteiger partial charge in [0.1, 0.15) is 0 Å². The summed E-state index contributed by atoms with van der Waals surface area (Å²) in [5.74, 6) is 0. The largest absolute Gasteiger partial charge is 1.00 e. The molecule has 0 saturated carbocycles. The van der Waals surface area contributed by atoms with Gasteiger partial charge >= 0.3 is 0 Å². The van der Waals surface area contributed by atoms with Crippen LogP contribution in [0, 0.1) is 0 Å². The molecule has 0 N–H and O–H groups in total. The van der Waals surface area contributed by atoms with E-state index in [4.69, 9.17) is 0 Å². The molecule has 0 radical (unpaired) electrons. The molecule has 0 rings (SSSR count). The van der Waals surface area contributed by atoms with E-state index >= 15 is 0 Å². The molecule has 0 aliphatic heterocycles. The fourth-order valence-corrected chi connectivity index (χ4v) is 2.43. The Hall–Kier alpha value is 0.250. The fourth-order valence-electron chi connectivity index (χ4n) is 2.43.